The zero-order valence-corrected chi connectivity index (χ0v) is 22.7. The van der Waals surface area contributed by atoms with Crippen LogP contribution in [0.25, 0.3) is 0 Å². The summed E-state index contributed by atoms with van der Waals surface area (Å²) in [6, 6.07) is 4.26. The molecule has 39 heavy (non-hydrogen) atoms. The van der Waals surface area contributed by atoms with Crippen LogP contribution in [0.1, 0.15) is 25.8 Å². The summed E-state index contributed by atoms with van der Waals surface area (Å²) in [7, 11) is 3.14. The number of rotatable bonds is 8. The van der Waals surface area contributed by atoms with Crippen molar-refractivity contribution in [2.75, 3.05) is 20.6 Å². The highest BCUT2D eigenvalue weighted by Gasteiger charge is 2.60. The number of nitro benzene ring substituents is 1. The molecule has 0 aromatic heterocycles. The molecule has 0 aliphatic carbocycles. The number of fused-ring (bicyclic) bond motifs is 1. The summed E-state index contributed by atoms with van der Waals surface area (Å²) in [5.74, 6) is -3.03. The number of carboxylic acids is 1. The van der Waals surface area contributed by atoms with Gasteiger partial charge in [-0.25, -0.2) is 9.59 Å². The molecule has 210 valence electrons. The average Bonchev–Trinajstić information content (AvgIpc) is 3.39. The van der Waals surface area contributed by atoms with E-state index in [-0.39, 0.29) is 48.0 Å². The molecule has 4 rings (SSSR count). The van der Waals surface area contributed by atoms with E-state index in [0.29, 0.717) is 10.5 Å². The summed E-state index contributed by atoms with van der Waals surface area (Å²) in [4.78, 5) is 65.5. The molecule has 2 saturated heterocycles. The number of thioether (sulfide) groups is 1. The predicted molar refractivity (Wildman–Crippen MR) is 138 cm³/mol. The van der Waals surface area contributed by atoms with Crippen molar-refractivity contribution < 1.29 is 39.1 Å². The Morgan fingerprint density at radius 3 is 2.44 bits per heavy atom. The minimum Gasteiger partial charge on any atom is -0.477 e. The summed E-state index contributed by atoms with van der Waals surface area (Å²) in [5, 5.41) is 30.5. The number of benzene rings is 1. The molecule has 6 atom stereocenters. The maximum Gasteiger partial charge on any atom is 0.410 e. The Morgan fingerprint density at radius 1 is 1.26 bits per heavy atom. The number of amides is 3. The minimum atomic E-state index is -1.25. The van der Waals surface area contributed by atoms with Gasteiger partial charge in [0.15, 0.2) is 0 Å². The van der Waals surface area contributed by atoms with Gasteiger partial charge in [-0.2, -0.15) is 0 Å². The fourth-order valence-corrected chi connectivity index (χ4v) is 6.94. The Bertz CT molecular complexity index is 1230. The number of hydrogen-bond donors (Lipinski definition) is 2. The van der Waals surface area contributed by atoms with E-state index in [0.717, 1.165) is 0 Å². The molecule has 14 heteroatoms. The second-order valence-corrected chi connectivity index (χ2v) is 11.5. The lowest BCUT2D eigenvalue weighted by Crippen LogP contribution is -2.63. The van der Waals surface area contributed by atoms with Crippen LogP contribution in [0.4, 0.5) is 10.5 Å². The lowest BCUT2D eigenvalue weighted by molar-refractivity contribution is -0.384. The molecule has 0 unspecified atom stereocenters. The highest BCUT2D eigenvalue weighted by Crippen LogP contribution is 2.52. The third-order valence-corrected chi connectivity index (χ3v) is 8.83. The Hall–Kier alpha value is -3.65. The highest BCUT2D eigenvalue weighted by molar-refractivity contribution is 8.03. The maximum absolute atomic E-state index is 13.1. The SMILES string of the molecule is C[C@@H](O)[C@H]1C(=O)N2C(C(=O)O)=C(S[C@H]3C[C@@H](C(=O)N(C)C)N(C(=O)OCc4ccc([N+](=O)[O-])cc4)C3)[C@H](C)[C@H]12. The first-order valence-corrected chi connectivity index (χ1v) is 13.2. The number of likely N-dealkylation sites (N-methyl/N-ethyl adjacent to an activating group) is 1. The molecule has 3 heterocycles. The molecule has 3 aliphatic heterocycles. The van der Waals surface area contributed by atoms with Crippen molar-refractivity contribution in [3.8, 4) is 0 Å². The standard InChI is InChI=1S/C25H30N4O9S/c1-12-19-18(13(2)30)23(32)28(19)20(24(33)34)21(12)39-16-9-17(22(31)26(3)4)27(10-16)25(35)38-11-14-5-7-15(8-6-14)29(36)37/h5-8,12-13,16-19,30H,9-11H2,1-4H3,(H,33,34)/t12-,13-,16+,17+,18-,19-/m1/s1. The van der Waals surface area contributed by atoms with Crippen LogP contribution in [0.3, 0.4) is 0 Å². The minimum absolute atomic E-state index is 0.0939. The molecule has 13 nitrogen and oxygen atoms in total. The molecule has 0 spiro atoms. The van der Waals surface area contributed by atoms with Gasteiger partial charge in [-0.05, 0) is 31.0 Å². The third-order valence-electron chi connectivity index (χ3n) is 7.34. The van der Waals surface area contributed by atoms with E-state index >= 15 is 0 Å². The second kappa shape index (κ2) is 10.8. The molecule has 0 radical (unpaired) electrons. The fraction of sp³-hybridized carbons (Fsp3) is 0.520. The number of hydrogen-bond acceptors (Lipinski definition) is 9. The maximum atomic E-state index is 13.1. The van der Waals surface area contributed by atoms with E-state index in [4.69, 9.17) is 4.74 Å². The Labute approximate surface area is 228 Å². The van der Waals surface area contributed by atoms with Crippen LogP contribution in [-0.2, 0) is 25.7 Å². The summed E-state index contributed by atoms with van der Waals surface area (Å²) >= 11 is 1.23. The predicted octanol–water partition coefficient (Wildman–Crippen LogP) is 1.65. The number of ether oxygens (including phenoxy) is 1. The quantitative estimate of drug-likeness (QED) is 0.270. The van der Waals surface area contributed by atoms with Gasteiger partial charge in [0.05, 0.1) is 23.0 Å². The summed E-state index contributed by atoms with van der Waals surface area (Å²) in [5.41, 5.74) is 0.324. The number of nitrogens with zero attached hydrogens (tertiary/aromatic N) is 4. The van der Waals surface area contributed by atoms with Gasteiger partial charge in [-0.15, -0.1) is 11.8 Å². The Morgan fingerprint density at radius 2 is 1.90 bits per heavy atom. The van der Waals surface area contributed by atoms with Crippen LogP contribution in [0, 0.1) is 22.0 Å². The van der Waals surface area contributed by atoms with Gasteiger partial charge >= 0.3 is 12.1 Å². The van der Waals surface area contributed by atoms with E-state index in [1.54, 1.807) is 14.1 Å². The van der Waals surface area contributed by atoms with Gasteiger partial charge in [-0.1, -0.05) is 6.92 Å². The zero-order valence-electron chi connectivity index (χ0n) is 21.8. The van der Waals surface area contributed by atoms with Gasteiger partial charge in [0.1, 0.15) is 18.3 Å². The lowest BCUT2D eigenvalue weighted by Gasteiger charge is -2.46. The molecular weight excluding hydrogens is 532 g/mol. The molecule has 1 aromatic rings. The Kier molecular flexibility index (Phi) is 7.89. The van der Waals surface area contributed by atoms with Gasteiger partial charge < -0.3 is 24.7 Å². The topological polar surface area (TPSA) is 171 Å². The molecule has 3 amide bonds. The number of aliphatic hydroxyl groups excluding tert-OH is 1. The van der Waals surface area contributed by atoms with Crippen LogP contribution >= 0.6 is 11.8 Å². The number of non-ortho nitro benzene ring substituents is 1. The third kappa shape index (κ3) is 5.17. The number of aliphatic hydroxyl groups is 1. The normalized spacial score (nSPS) is 26.7. The van der Waals surface area contributed by atoms with Gasteiger partial charge in [0, 0.05) is 48.8 Å². The van der Waals surface area contributed by atoms with Gasteiger partial charge in [0.2, 0.25) is 11.8 Å². The van der Waals surface area contributed by atoms with Crippen LogP contribution in [-0.4, -0.2) is 97.8 Å². The van der Waals surface area contributed by atoms with Crippen LogP contribution in [0.5, 0.6) is 0 Å². The van der Waals surface area contributed by atoms with Gasteiger partial charge in [-0.3, -0.25) is 24.6 Å². The molecule has 3 aliphatic rings. The number of β-lactam (4-membered cyclic amide) rings is 1. The number of likely N-dealkylation sites (tertiary alicyclic amines) is 1. The first-order chi connectivity index (χ1) is 18.3. The smallest absolute Gasteiger partial charge is 0.410 e. The van der Waals surface area contributed by atoms with E-state index in [1.807, 2.05) is 6.92 Å². The van der Waals surface area contributed by atoms with Crippen LogP contribution < -0.4 is 0 Å². The highest BCUT2D eigenvalue weighted by atomic mass is 32.2. The Balaban J connectivity index is 1.50. The lowest BCUT2D eigenvalue weighted by atomic mass is 9.79. The van der Waals surface area contributed by atoms with Crippen molar-refractivity contribution in [2.24, 2.45) is 11.8 Å². The molecule has 2 fully saturated rings. The summed E-state index contributed by atoms with van der Waals surface area (Å²) in [6.45, 7) is 3.27. The van der Waals surface area contributed by atoms with Crippen molar-refractivity contribution in [2.45, 2.75) is 50.3 Å². The van der Waals surface area contributed by atoms with Gasteiger partial charge in [0.25, 0.3) is 5.69 Å². The number of aliphatic carboxylic acids is 1. The van der Waals surface area contributed by atoms with E-state index in [9.17, 15) is 39.5 Å². The largest absolute Gasteiger partial charge is 0.477 e. The number of carbonyl (C=O) groups is 4. The monoisotopic (exact) mass is 562 g/mol. The van der Waals surface area contributed by atoms with Crippen molar-refractivity contribution in [3.63, 3.8) is 0 Å². The summed E-state index contributed by atoms with van der Waals surface area (Å²) < 4.78 is 5.42. The second-order valence-electron chi connectivity index (χ2n) is 10.1. The number of carboxylic acid groups (broad SMARTS) is 1. The van der Waals surface area contributed by atoms with Crippen molar-refractivity contribution in [1.29, 1.82) is 0 Å². The van der Waals surface area contributed by atoms with E-state index < -0.39 is 47.0 Å². The molecule has 1 aromatic carbocycles. The fourth-order valence-electron chi connectivity index (χ4n) is 5.42. The average molecular weight is 563 g/mol. The summed E-state index contributed by atoms with van der Waals surface area (Å²) in [6.07, 6.45) is -1.41. The molecule has 0 saturated carbocycles. The van der Waals surface area contributed by atoms with Crippen molar-refractivity contribution >= 4 is 41.3 Å². The zero-order chi connectivity index (χ0) is 28.8. The molecule has 0 bridgehead atoms. The van der Waals surface area contributed by atoms with E-state index in [1.165, 1.54) is 57.7 Å². The number of carbonyl (C=O) groups excluding carboxylic acids is 3. The van der Waals surface area contributed by atoms with Crippen LogP contribution in [0.2, 0.25) is 0 Å². The van der Waals surface area contributed by atoms with Crippen LogP contribution in [0.15, 0.2) is 34.9 Å². The molecular formula is C25H30N4O9S. The first kappa shape index (κ1) is 28.4. The van der Waals surface area contributed by atoms with Crippen molar-refractivity contribution in [3.05, 3.63) is 50.5 Å². The first-order valence-electron chi connectivity index (χ1n) is 12.4. The van der Waals surface area contributed by atoms with Crippen molar-refractivity contribution in [1.82, 2.24) is 14.7 Å². The van der Waals surface area contributed by atoms with E-state index in [2.05, 4.69) is 0 Å². The number of nitro groups is 1. The molecule has 2 N–H and O–H groups in total.